The fourth-order valence-corrected chi connectivity index (χ4v) is 4.87. The molecule has 0 N–H and O–H groups in total. The summed E-state index contributed by atoms with van der Waals surface area (Å²) in [5, 5.41) is 0. The van der Waals surface area contributed by atoms with Crippen LogP contribution in [0.25, 0.3) is 11.1 Å². The molecule has 3 aromatic carbocycles. The van der Waals surface area contributed by atoms with E-state index in [1.54, 1.807) is 21.7 Å². The van der Waals surface area contributed by atoms with Gasteiger partial charge < -0.3 is 14.7 Å². The number of likely N-dealkylation sites (N-methyl/N-ethyl adjacent to an activating group) is 1. The third-order valence-electron chi connectivity index (χ3n) is 6.85. The Kier molecular flexibility index (Phi) is 5.88. The highest BCUT2D eigenvalue weighted by Gasteiger charge is 2.47. The van der Waals surface area contributed by atoms with Crippen molar-refractivity contribution in [1.29, 1.82) is 0 Å². The molecular weight excluding hydrogens is 426 g/mol. The number of carbonyl (C=O) groups is 3. The van der Waals surface area contributed by atoms with Crippen LogP contribution in [0.4, 0.5) is 0 Å². The molecule has 2 saturated heterocycles. The lowest BCUT2D eigenvalue weighted by atomic mass is 9.96. The van der Waals surface area contributed by atoms with Crippen molar-refractivity contribution in [2.45, 2.75) is 18.5 Å². The SMILES string of the molecule is CN1C(=O)[C@H]2CN(C(=O)c3ccc(-c4ccccc4)cc3)CCN2C(=O)[C@@H]1Cc1ccccc1. The predicted octanol–water partition coefficient (Wildman–Crippen LogP) is 3.09. The van der Waals surface area contributed by atoms with Gasteiger partial charge in [-0.2, -0.15) is 0 Å². The minimum Gasteiger partial charge on any atom is -0.334 e. The summed E-state index contributed by atoms with van der Waals surface area (Å²) >= 11 is 0. The molecule has 0 saturated carbocycles. The Balaban J connectivity index is 1.29. The van der Waals surface area contributed by atoms with Crippen LogP contribution in [0, 0.1) is 0 Å². The Morgan fingerprint density at radius 2 is 1.41 bits per heavy atom. The zero-order valence-electron chi connectivity index (χ0n) is 19.1. The third-order valence-corrected chi connectivity index (χ3v) is 6.85. The van der Waals surface area contributed by atoms with Crippen molar-refractivity contribution in [2.75, 3.05) is 26.7 Å². The lowest BCUT2D eigenvalue weighted by Gasteiger charge is -2.48. The Bertz CT molecular complexity index is 1190. The number of carbonyl (C=O) groups excluding carboxylic acids is 3. The number of rotatable bonds is 4. The maximum Gasteiger partial charge on any atom is 0.253 e. The van der Waals surface area contributed by atoms with Gasteiger partial charge in [0.05, 0.1) is 6.54 Å². The smallest absolute Gasteiger partial charge is 0.253 e. The predicted molar refractivity (Wildman–Crippen MR) is 130 cm³/mol. The average molecular weight is 454 g/mol. The first-order chi connectivity index (χ1) is 16.5. The van der Waals surface area contributed by atoms with Crippen molar-refractivity contribution in [3.63, 3.8) is 0 Å². The van der Waals surface area contributed by atoms with Gasteiger partial charge in [-0.1, -0.05) is 72.8 Å². The quantitative estimate of drug-likeness (QED) is 0.610. The van der Waals surface area contributed by atoms with Gasteiger partial charge in [-0.25, -0.2) is 0 Å². The first-order valence-corrected chi connectivity index (χ1v) is 11.6. The van der Waals surface area contributed by atoms with E-state index in [4.69, 9.17) is 0 Å². The monoisotopic (exact) mass is 453 g/mol. The molecule has 2 heterocycles. The van der Waals surface area contributed by atoms with Crippen LogP contribution in [0.1, 0.15) is 15.9 Å². The Hall–Kier alpha value is -3.93. The zero-order valence-corrected chi connectivity index (χ0v) is 19.1. The summed E-state index contributed by atoms with van der Waals surface area (Å²) < 4.78 is 0. The molecule has 3 amide bonds. The van der Waals surface area contributed by atoms with E-state index in [9.17, 15) is 14.4 Å². The summed E-state index contributed by atoms with van der Waals surface area (Å²) in [6, 6.07) is 26.1. The van der Waals surface area contributed by atoms with E-state index in [1.807, 2.05) is 84.9 Å². The fraction of sp³-hybridized carbons (Fsp3) is 0.250. The lowest BCUT2D eigenvalue weighted by molar-refractivity contribution is -0.163. The molecule has 2 fully saturated rings. The molecule has 6 heteroatoms. The summed E-state index contributed by atoms with van der Waals surface area (Å²) in [4.78, 5) is 44.6. The number of hydrogen-bond donors (Lipinski definition) is 0. The lowest BCUT2D eigenvalue weighted by Crippen LogP contribution is -2.70. The number of amides is 3. The average Bonchev–Trinajstić information content (AvgIpc) is 2.90. The minimum atomic E-state index is -0.634. The summed E-state index contributed by atoms with van der Waals surface area (Å²) in [5.74, 6) is -0.277. The Labute approximate surface area is 199 Å². The van der Waals surface area contributed by atoms with Crippen molar-refractivity contribution < 1.29 is 14.4 Å². The number of hydrogen-bond acceptors (Lipinski definition) is 3. The van der Waals surface area contributed by atoms with E-state index < -0.39 is 12.1 Å². The fourth-order valence-electron chi connectivity index (χ4n) is 4.87. The highest BCUT2D eigenvalue weighted by Crippen LogP contribution is 2.25. The second-order valence-electron chi connectivity index (χ2n) is 8.90. The number of nitrogens with zero attached hydrogens (tertiary/aromatic N) is 3. The van der Waals surface area contributed by atoms with Crippen molar-refractivity contribution in [3.05, 3.63) is 96.1 Å². The topological polar surface area (TPSA) is 60.9 Å². The van der Waals surface area contributed by atoms with Crippen LogP contribution in [-0.4, -0.2) is 71.2 Å². The van der Waals surface area contributed by atoms with Gasteiger partial charge in [0.25, 0.3) is 5.91 Å². The highest BCUT2D eigenvalue weighted by molar-refractivity contribution is 5.99. The van der Waals surface area contributed by atoms with Gasteiger partial charge in [0.2, 0.25) is 11.8 Å². The molecule has 172 valence electrons. The van der Waals surface area contributed by atoms with Crippen LogP contribution >= 0.6 is 0 Å². The summed E-state index contributed by atoms with van der Waals surface area (Å²) in [6.45, 7) is 0.991. The van der Waals surface area contributed by atoms with Gasteiger partial charge in [0, 0.05) is 32.1 Å². The van der Waals surface area contributed by atoms with Gasteiger partial charge in [0.15, 0.2) is 0 Å². The van der Waals surface area contributed by atoms with E-state index in [-0.39, 0.29) is 24.3 Å². The minimum absolute atomic E-state index is 0.0460. The van der Waals surface area contributed by atoms with Crippen LogP contribution in [0.5, 0.6) is 0 Å². The van der Waals surface area contributed by atoms with Crippen molar-refractivity contribution in [1.82, 2.24) is 14.7 Å². The van der Waals surface area contributed by atoms with Crippen LogP contribution in [0.2, 0.25) is 0 Å². The largest absolute Gasteiger partial charge is 0.334 e. The number of benzene rings is 3. The molecule has 0 bridgehead atoms. The maximum atomic E-state index is 13.3. The second-order valence-corrected chi connectivity index (χ2v) is 8.90. The van der Waals surface area contributed by atoms with Gasteiger partial charge in [-0.05, 0) is 28.8 Å². The van der Waals surface area contributed by atoms with Crippen LogP contribution in [0.15, 0.2) is 84.9 Å². The molecule has 6 nitrogen and oxygen atoms in total. The van der Waals surface area contributed by atoms with E-state index in [2.05, 4.69) is 0 Å². The first-order valence-electron chi connectivity index (χ1n) is 11.6. The van der Waals surface area contributed by atoms with Crippen LogP contribution in [-0.2, 0) is 16.0 Å². The Morgan fingerprint density at radius 1 is 0.794 bits per heavy atom. The number of fused-ring (bicyclic) bond motifs is 1. The van der Waals surface area contributed by atoms with Gasteiger partial charge in [0.1, 0.15) is 12.1 Å². The molecule has 0 spiro atoms. The van der Waals surface area contributed by atoms with Gasteiger partial charge in [-0.3, -0.25) is 14.4 Å². The first kappa shape index (κ1) is 21.9. The molecule has 0 aliphatic carbocycles. The molecule has 2 aliphatic heterocycles. The molecule has 2 atom stereocenters. The standard InChI is InChI=1S/C28H27N3O3/c1-29-24(18-20-8-4-2-5-9-20)28(34)31-17-16-30(19-25(31)27(29)33)26(32)23-14-12-22(13-15-23)21-10-6-3-7-11-21/h2-15,24-25H,16-19H2,1H3/t24-,25+/m0/s1. The van der Waals surface area contributed by atoms with Gasteiger partial charge in [-0.15, -0.1) is 0 Å². The number of piperazine rings is 2. The van der Waals surface area contributed by atoms with Crippen molar-refractivity contribution >= 4 is 17.7 Å². The summed E-state index contributed by atoms with van der Waals surface area (Å²) in [5.41, 5.74) is 3.74. The molecular formula is C28H27N3O3. The molecule has 0 aromatic heterocycles. The van der Waals surface area contributed by atoms with Crippen LogP contribution in [0.3, 0.4) is 0 Å². The summed E-state index contributed by atoms with van der Waals surface area (Å²) in [6.07, 6.45) is 0.488. The highest BCUT2D eigenvalue weighted by atomic mass is 16.2. The van der Waals surface area contributed by atoms with Gasteiger partial charge >= 0.3 is 0 Å². The van der Waals surface area contributed by atoms with E-state index >= 15 is 0 Å². The Morgan fingerprint density at radius 3 is 2.09 bits per heavy atom. The molecule has 0 unspecified atom stereocenters. The van der Waals surface area contributed by atoms with Crippen LogP contribution < -0.4 is 0 Å². The molecule has 5 rings (SSSR count). The molecule has 3 aromatic rings. The van der Waals surface area contributed by atoms with E-state index in [0.717, 1.165) is 16.7 Å². The van der Waals surface area contributed by atoms with E-state index in [1.165, 1.54) is 0 Å². The molecule has 2 aliphatic rings. The van der Waals surface area contributed by atoms with Crippen molar-refractivity contribution in [2.24, 2.45) is 0 Å². The van der Waals surface area contributed by atoms with Crippen molar-refractivity contribution in [3.8, 4) is 11.1 Å². The third kappa shape index (κ3) is 4.07. The maximum absolute atomic E-state index is 13.3. The zero-order chi connectivity index (χ0) is 23.7. The second kappa shape index (κ2) is 9.14. The molecule has 0 radical (unpaired) electrons. The molecule has 34 heavy (non-hydrogen) atoms. The van der Waals surface area contributed by atoms with E-state index in [0.29, 0.717) is 25.1 Å². The summed E-state index contributed by atoms with van der Waals surface area (Å²) in [7, 11) is 1.69. The normalized spacial score (nSPS) is 20.3.